The summed E-state index contributed by atoms with van der Waals surface area (Å²) in [6.45, 7) is 2.04. The van der Waals surface area contributed by atoms with Crippen molar-refractivity contribution < 1.29 is 14.3 Å². The zero-order chi connectivity index (χ0) is 14.1. The third-order valence-corrected chi connectivity index (χ3v) is 2.33. The molecule has 0 radical (unpaired) electrons. The van der Waals surface area contributed by atoms with Gasteiger partial charge in [0.2, 0.25) is 0 Å². The molecule has 0 saturated carbocycles. The number of ether oxygens (including phenoxy) is 1. The lowest BCUT2D eigenvalue weighted by atomic mass is 10.0. The molecule has 0 heterocycles. The van der Waals surface area contributed by atoms with Gasteiger partial charge in [-0.05, 0) is 19.1 Å². The van der Waals surface area contributed by atoms with E-state index < -0.39 is 0 Å². The largest absolute Gasteiger partial charge is 0.466 e. The van der Waals surface area contributed by atoms with Gasteiger partial charge < -0.3 is 4.74 Å². The van der Waals surface area contributed by atoms with Crippen molar-refractivity contribution in [3.05, 3.63) is 35.4 Å². The summed E-state index contributed by atoms with van der Waals surface area (Å²) in [5, 5.41) is 8.31. The molecule has 0 bridgehead atoms. The Morgan fingerprint density at radius 2 is 1.89 bits per heavy atom. The van der Waals surface area contributed by atoms with E-state index in [1.54, 1.807) is 37.3 Å². The second-order valence-corrected chi connectivity index (χ2v) is 3.67. The fraction of sp³-hybridized carbons (Fsp3) is 0.267. The molecule has 0 aliphatic rings. The number of ketones is 1. The maximum absolute atomic E-state index is 11.8. The van der Waals surface area contributed by atoms with Crippen LogP contribution in [-0.4, -0.2) is 18.4 Å². The van der Waals surface area contributed by atoms with Crippen LogP contribution in [0.2, 0.25) is 0 Å². The molecule has 0 aliphatic carbocycles. The summed E-state index contributed by atoms with van der Waals surface area (Å²) >= 11 is 0. The molecule has 0 fully saturated rings. The minimum absolute atomic E-state index is 0.0860. The van der Waals surface area contributed by atoms with Crippen molar-refractivity contribution in [3.63, 3.8) is 0 Å². The Balaban J connectivity index is 2.59. The fourth-order valence-electron chi connectivity index (χ4n) is 1.43. The zero-order valence-corrected chi connectivity index (χ0v) is 10.6. The summed E-state index contributed by atoms with van der Waals surface area (Å²) in [4.78, 5) is 22.9. The molecule has 0 amide bonds. The van der Waals surface area contributed by atoms with Crippen LogP contribution in [0.1, 0.15) is 35.7 Å². The molecule has 96 valence electrons. The van der Waals surface area contributed by atoms with Gasteiger partial charge in [0, 0.05) is 23.5 Å². The maximum atomic E-state index is 11.8. The molecule has 1 rings (SSSR count). The molecule has 19 heavy (non-hydrogen) atoms. The summed E-state index contributed by atoms with van der Waals surface area (Å²) in [5.41, 5.74) is 1.19. The van der Waals surface area contributed by atoms with E-state index in [1.165, 1.54) is 0 Å². The number of benzene rings is 1. The number of nitrogens with zero attached hydrogens (tertiary/aromatic N) is 1. The molecule has 4 nitrogen and oxygen atoms in total. The summed E-state index contributed by atoms with van der Waals surface area (Å²) in [6, 6.07) is 8.32. The first-order chi connectivity index (χ1) is 9.17. The second-order valence-electron chi connectivity index (χ2n) is 3.67. The first-order valence-corrected chi connectivity index (χ1v) is 5.86. The van der Waals surface area contributed by atoms with Crippen LogP contribution < -0.4 is 0 Å². The van der Waals surface area contributed by atoms with Crippen LogP contribution in [0.25, 0.3) is 0 Å². The van der Waals surface area contributed by atoms with Gasteiger partial charge in [0.25, 0.3) is 0 Å². The van der Waals surface area contributed by atoms with E-state index in [9.17, 15) is 9.59 Å². The number of rotatable bonds is 5. The van der Waals surface area contributed by atoms with Crippen LogP contribution in [0.3, 0.4) is 0 Å². The quantitative estimate of drug-likeness (QED) is 0.459. The molecular weight excluding hydrogens is 242 g/mol. The van der Waals surface area contributed by atoms with Gasteiger partial charge in [0.1, 0.15) is 0 Å². The molecule has 0 N–H and O–H groups in total. The topological polar surface area (TPSA) is 67.2 Å². The van der Waals surface area contributed by atoms with Crippen LogP contribution in [0.4, 0.5) is 0 Å². The molecule has 1 aromatic rings. The highest BCUT2D eigenvalue weighted by atomic mass is 16.5. The highest BCUT2D eigenvalue weighted by molar-refractivity contribution is 5.97. The van der Waals surface area contributed by atoms with Crippen LogP contribution in [0.15, 0.2) is 24.3 Å². The maximum Gasteiger partial charge on any atom is 0.306 e. The Morgan fingerprint density at radius 3 is 2.47 bits per heavy atom. The number of esters is 1. The fourth-order valence-corrected chi connectivity index (χ4v) is 1.43. The van der Waals surface area contributed by atoms with Crippen molar-refractivity contribution in [3.8, 4) is 17.9 Å². The van der Waals surface area contributed by atoms with Gasteiger partial charge in [-0.3, -0.25) is 9.59 Å². The predicted molar refractivity (Wildman–Crippen MR) is 69.1 cm³/mol. The second kappa shape index (κ2) is 7.68. The molecule has 0 spiro atoms. The zero-order valence-electron chi connectivity index (χ0n) is 10.6. The Hall–Kier alpha value is -2.59. The number of hydrogen-bond acceptors (Lipinski definition) is 4. The first-order valence-electron chi connectivity index (χ1n) is 5.86. The monoisotopic (exact) mass is 255 g/mol. The van der Waals surface area contributed by atoms with Crippen molar-refractivity contribution in [2.75, 3.05) is 6.61 Å². The highest BCUT2D eigenvalue weighted by Gasteiger charge is 2.09. The van der Waals surface area contributed by atoms with Gasteiger partial charge in [-0.15, -0.1) is 0 Å². The minimum Gasteiger partial charge on any atom is -0.466 e. The van der Waals surface area contributed by atoms with Gasteiger partial charge in [-0.2, -0.15) is 5.26 Å². The lowest BCUT2D eigenvalue weighted by molar-refractivity contribution is -0.143. The van der Waals surface area contributed by atoms with Crippen molar-refractivity contribution in [2.24, 2.45) is 0 Å². The average Bonchev–Trinajstić information content (AvgIpc) is 2.43. The predicted octanol–water partition coefficient (Wildman–Crippen LogP) is 2.09. The van der Waals surface area contributed by atoms with Crippen molar-refractivity contribution in [2.45, 2.75) is 19.8 Å². The van der Waals surface area contributed by atoms with Crippen molar-refractivity contribution >= 4 is 11.8 Å². The molecular formula is C15H13NO3. The summed E-state index contributed by atoms with van der Waals surface area (Å²) < 4.78 is 4.75. The smallest absolute Gasteiger partial charge is 0.306 e. The molecule has 0 aliphatic heterocycles. The SMILES string of the molecule is CCOC(=O)CCC(=O)c1ccc(C#CC#N)cc1. The van der Waals surface area contributed by atoms with Gasteiger partial charge in [0.05, 0.1) is 13.0 Å². The standard InChI is InChI=1S/C15H13NO3/c1-2-19-15(18)10-9-14(17)13-7-5-12(6-8-13)4-3-11-16/h5-8H,2,9-10H2,1H3. The number of hydrogen-bond donors (Lipinski definition) is 0. The summed E-state index contributed by atoms with van der Waals surface area (Å²) in [7, 11) is 0. The summed E-state index contributed by atoms with van der Waals surface area (Å²) in [6.07, 6.45) is 0.213. The van der Waals surface area contributed by atoms with Crippen molar-refractivity contribution in [1.29, 1.82) is 5.26 Å². The molecule has 0 aromatic heterocycles. The van der Waals surface area contributed by atoms with Gasteiger partial charge in [-0.1, -0.05) is 18.1 Å². The Labute approximate surface area is 112 Å². The number of Topliss-reactive ketones (excluding diaryl/α,β-unsaturated/α-hetero) is 1. The Kier molecular flexibility index (Phi) is 5.85. The van der Waals surface area contributed by atoms with E-state index in [0.29, 0.717) is 17.7 Å². The molecule has 0 atom stereocenters. The van der Waals surface area contributed by atoms with E-state index in [1.807, 2.05) is 0 Å². The van der Waals surface area contributed by atoms with E-state index in [-0.39, 0.29) is 24.6 Å². The molecule has 0 unspecified atom stereocenters. The van der Waals surface area contributed by atoms with E-state index in [2.05, 4.69) is 11.8 Å². The highest BCUT2D eigenvalue weighted by Crippen LogP contribution is 2.08. The third-order valence-electron chi connectivity index (χ3n) is 2.33. The van der Waals surface area contributed by atoms with E-state index >= 15 is 0 Å². The minimum atomic E-state index is -0.368. The Bertz CT molecular complexity index is 556. The molecule has 1 aromatic carbocycles. The van der Waals surface area contributed by atoms with Gasteiger partial charge in [0.15, 0.2) is 11.9 Å². The van der Waals surface area contributed by atoms with Crippen molar-refractivity contribution in [1.82, 2.24) is 0 Å². The van der Waals surface area contributed by atoms with Crippen LogP contribution in [0.5, 0.6) is 0 Å². The first kappa shape index (κ1) is 14.5. The number of nitriles is 1. The number of carbonyl (C=O) groups is 2. The van der Waals surface area contributed by atoms with Gasteiger partial charge in [-0.25, -0.2) is 0 Å². The van der Waals surface area contributed by atoms with E-state index in [4.69, 9.17) is 10.00 Å². The van der Waals surface area contributed by atoms with Crippen LogP contribution >= 0.6 is 0 Å². The summed E-state index contributed by atoms with van der Waals surface area (Å²) in [5.74, 6) is 4.42. The molecule has 4 heteroatoms. The Morgan fingerprint density at radius 1 is 1.21 bits per heavy atom. The van der Waals surface area contributed by atoms with E-state index in [0.717, 1.165) is 0 Å². The van der Waals surface area contributed by atoms with Crippen LogP contribution in [0, 0.1) is 23.2 Å². The average molecular weight is 255 g/mol. The molecule has 0 saturated heterocycles. The lowest BCUT2D eigenvalue weighted by Gasteiger charge is -2.02. The lowest BCUT2D eigenvalue weighted by Crippen LogP contribution is -2.07. The normalized spacial score (nSPS) is 8.84. The van der Waals surface area contributed by atoms with Gasteiger partial charge >= 0.3 is 5.97 Å². The number of carbonyl (C=O) groups excluding carboxylic acids is 2. The van der Waals surface area contributed by atoms with Crippen LogP contribution in [-0.2, 0) is 9.53 Å². The third kappa shape index (κ3) is 5.06.